The van der Waals surface area contributed by atoms with E-state index in [1.807, 2.05) is 43.3 Å². The number of benzene rings is 2. The molecule has 2 rings (SSSR count). The molecule has 0 aliphatic heterocycles. The molecule has 0 bridgehead atoms. The Morgan fingerprint density at radius 2 is 1.71 bits per heavy atom. The predicted molar refractivity (Wildman–Crippen MR) is 85.0 cm³/mol. The highest BCUT2D eigenvalue weighted by atomic mass is 19.1. The molecule has 3 heteroatoms. The van der Waals surface area contributed by atoms with Crippen molar-refractivity contribution < 1.29 is 9.13 Å². The van der Waals surface area contributed by atoms with Crippen molar-refractivity contribution in [1.29, 1.82) is 0 Å². The minimum Gasteiger partial charge on any atom is -0.494 e. The van der Waals surface area contributed by atoms with E-state index in [4.69, 9.17) is 4.74 Å². The molecule has 0 fully saturated rings. The fraction of sp³-hybridized carbons (Fsp3) is 0.333. The predicted octanol–water partition coefficient (Wildman–Crippen LogP) is 4.39. The number of hydrogen-bond donors (Lipinski definition) is 1. The molecular formula is C18H22FNO. The summed E-state index contributed by atoms with van der Waals surface area (Å²) in [5.74, 6) is 0.673. The van der Waals surface area contributed by atoms with Gasteiger partial charge in [-0.2, -0.15) is 0 Å². The van der Waals surface area contributed by atoms with Crippen LogP contribution in [0.4, 0.5) is 4.39 Å². The number of ether oxygens (including phenoxy) is 1. The van der Waals surface area contributed by atoms with Crippen molar-refractivity contribution in [2.75, 3.05) is 13.2 Å². The van der Waals surface area contributed by atoms with Gasteiger partial charge in [0, 0.05) is 12.1 Å². The molecule has 0 radical (unpaired) electrons. The quantitative estimate of drug-likeness (QED) is 0.763. The molecule has 0 amide bonds. The molecule has 0 saturated heterocycles. The second-order valence-electron chi connectivity index (χ2n) is 4.94. The molecule has 2 aromatic rings. The zero-order valence-electron chi connectivity index (χ0n) is 12.7. The van der Waals surface area contributed by atoms with E-state index in [2.05, 4.69) is 12.2 Å². The average Bonchev–Trinajstić information content (AvgIpc) is 2.50. The summed E-state index contributed by atoms with van der Waals surface area (Å²) in [5.41, 5.74) is 2.58. The molecule has 2 aromatic carbocycles. The second-order valence-corrected chi connectivity index (χ2v) is 4.94. The van der Waals surface area contributed by atoms with Crippen LogP contribution in [0.2, 0.25) is 0 Å². The molecule has 0 aliphatic rings. The van der Waals surface area contributed by atoms with E-state index in [0.29, 0.717) is 18.7 Å². The van der Waals surface area contributed by atoms with Gasteiger partial charge in [0.1, 0.15) is 11.6 Å². The van der Waals surface area contributed by atoms with Crippen LogP contribution in [-0.2, 0) is 6.54 Å². The Labute approximate surface area is 126 Å². The summed E-state index contributed by atoms with van der Waals surface area (Å²) in [6, 6.07) is 13.1. The van der Waals surface area contributed by atoms with Crippen LogP contribution in [0.5, 0.6) is 5.75 Å². The van der Waals surface area contributed by atoms with Crippen LogP contribution >= 0.6 is 0 Å². The Hall–Kier alpha value is -1.87. The molecule has 0 aliphatic carbocycles. The fourth-order valence-corrected chi connectivity index (χ4v) is 2.18. The third-order valence-electron chi connectivity index (χ3n) is 3.29. The van der Waals surface area contributed by atoms with Crippen LogP contribution in [0.15, 0.2) is 42.5 Å². The lowest BCUT2D eigenvalue weighted by molar-refractivity contribution is 0.340. The summed E-state index contributed by atoms with van der Waals surface area (Å²) >= 11 is 0. The lowest BCUT2D eigenvalue weighted by Crippen LogP contribution is -2.14. The monoisotopic (exact) mass is 287 g/mol. The van der Waals surface area contributed by atoms with E-state index in [-0.39, 0.29) is 5.82 Å². The third-order valence-corrected chi connectivity index (χ3v) is 3.29. The van der Waals surface area contributed by atoms with Crippen LogP contribution in [0.3, 0.4) is 0 Å². The maximum absolute atomic E-state index is 14.1. The molecule has 112 valence electrons. The van der Waals surface area contributed by atoms with Crippen molar-refractivity contribution >= 4 is 0 Å². The highest BCUT2D eigenvalue weighted by Crippen LogP contribution is 2.24. The molecule has 21 heavy (non-hydrogen) atoms. The van der Waals surface area contributed by atoms with Gasteiger partial charge in [0.2, 0.25) is 0 Å². The van der Waals surface area contributed by atoms with Gasteiger partial charge in [-0.05, 0) is 49.2 Å². The first-order valence-electron chi connectivity index (χ1n) is 7.47. The Balaban J connectivity index is 2.11. The van der Waals surface area contributed by atoms with Crippen LogP contribution in [-0.4, -0.2) is 13.2 Å². The van der Waals surface area contributed by atoms with Crippen molar-refractivity contribution in [2.24, 2.45) is 0 Å². The van der Waals surface area contributed by atoms with E-state index in [9.17, 15) is 4.39 Å². The van der Waals surface area contributed by atoms with Crippen molar-refractivity contribution in [1.82, 2.24) is 5.32 Å². The van der Waals surface area contributed by atoms with Gasteiger partial charge in [-0.1, -0.05) is 31.2 Å². The molecule has 0 aromatic heterocycles. The van der Waals surface area contributed by atoms with Gasteiger partial charge in [-0.25, -0.2) is 4.39 Å². The Kier molecular flexibility index (Phi) is 5.76. The minimum atomic E-state index is -0.162. The maximum Gasteiger partial charge on any atom is 0.128 e. The van der Waals surface area contributed by atoms with E-state index >= 15 is 0 Å². The van der Waals surface area contributed by atoms with Crippen molar-refractivity contribution in [3.05, 3.63) is 53.8 Å². The fourth-order valence-electron chi connectivity index (χ4n) is 2.18. The van der Waals surface area contributed by atoms with E-state index in [0.717, 1.165) is 29.8 Å². The summed E-state index contributed by atoms with van der Waals surface area (Å²) < 4.78 is 19.5. The molecular weight excluding hydrogens is 265 g/mol. The molecule has 2 nitrogen and oxygen atoms in total. The van der Waals surface area contributed by atoms with Gasteiger partial charge in [0.15, 0.2) is 0 Å². The van der Waals surface area contributed by atoms with Crippen LogP contribution in [0.25, 0.3) is 11.1 Å². The normalized spacial score (nSPS) is 10.6. The number of hydrogen-bond acceptors (Lipinski definition) is 2. The molecule has 1 N–H and O–H groups in total. The summed E-state index contributed by atoms with van der Waals surface area (Å²) in [5, 5.41) is 3.22. The van der Waals surface area contributed by atoms with Gasteiger partial charge < -0.3 is 10.1 Å². The summed E-state index contributed by atoms with van der Waals surface area (Å²) in [7, 11) is 0. The zero-order valence-corrected chi connectivity index (χ0v) is 12.7. The first kappa shape index (κ1) is 15.5. The highest BCUT2D eigenvalue weighted by molar-refractivity contribution is 5.64. The number of nitrogens with one attached hydrogen (secondary N) is 1. The van der Waals surface area contributed by atoms with Crippen LogP contribution in [0.1, 0.15) is 25.8 Å². The van der Waals surface area contributed by atoms with Gasteiger partial charge in [0.25, 0.3) is 0 Å². The second kappa shape index (κ2) is 7.79. The Morgan fingerprint density at radius 1 is 1.00 bits per heavy atom. The maximum atomic E-state index is 14.1. The first-order chi connectivity index (χ1) is 10.2. The summed E-state index contributed by atoms with van der Waals surface area (Å²) in [6.07, 6.45) is 1.05. The lowest BCUT2D eigenvalue weighted by Gasteiger charge is -2.08. The number of halogens is 1. The topological polar surface area (TPSA) is 21.3 Å². The highest BCUT2D eigenvalue weighted by Gasteiger charge is 2.05. The molecule has 0 atom stereocenters. The smallest absolute Gasteiger partial charge is 0.128 e. The van der Waals surface area contributed by atoms with E-state index in [1.54, 1.807) is 6.07 Å². The standard InChI is InChI=1S/C18H22FNO/c1-3-11-20-13-16-6-5-15(12-18(16)19)14-7-9-17(10-8-14)21-4-2/h5-10,12,20H,3-4,11,13H2,1-2H3. The zero-order chi connectivity index (χ0) is 15.1. The van der Waals surface area contributed by atoms with Gasteiger partial charge in [-0.3, -0.25) is 0 Å². The molecule has 0 saturated carbocycles. The Bertz CT molecular complexity index is 566. The van der Waals surface area contributed by atoms with Gasteiger partial charge in [0.05, 0.1) is 6.61 Å². The number of rotatable bonds is 7. The SMILES string of the molecule is CCCNCc1ccc(-c2ccc(OCC)cc2)cc1F. The van der Waals surface area contributed by atoms with E-state index < -0.39 is 0 Å². The van der Waals surface area contributed by atoms with Crippen molar-refractivity contribution in [2.45, 2.75) is 26.8 Å². The largest absolute Gasteiger partial charge is 0.494 e. The van der Waals surface area contributed by atoms with Crippen LogP contribution in [0, 0.1) is 5.82 Å². The summed E-state index contributed by atoms with van der Waals surface area (Å²) in [6.45, 7) is 6.17. The van der Waals surface area contributed by atoms with Crippen molar-refractivity contribution in [3.63, 3.8) is 0 Å². The van der Waals surface area contributed by atoms with Gasteiger partial charge in [-0.15, -0.1) is 0 Å². The lowest BCUT2D eigenvalue weighted by atomic mass is 10.0. The van der Waals surface area contributed by atoms with Crippen molar-refractivity contribution in [3.8, 4) is 16.9 Å². The van der Waals surface area contributed by atoms with Gasteiger partial charge >= 0.3 is 0 Å². The molecule has 0 spiro atoms. The Morgan fingerprint density at radius 3 is 2.33 bits per heavy atom. The first-order valence-corrected chi connectivity index (χ1v) is 7.47. The average molecular weight is 287 g/mol. The molecule has 0 unspecified atom stereocenters. The minimum absolute atomic E-state index is 0.162. The van der Waals surface area contributed by atoms with E-state index in [1.165, 1.54) is 0 Å². The summed E-state index contributed by atoms with van der Waals surface area (Å²) in [4.78, 5) is 0. The van der Waals surface area contributed by atoms with Crippen LogP contribution < -0.4 is 10.1 Å². The third kappa shape index (κ3) is 4.30. The molecule has 0 heterocycles.